The van der Waals surface area contributed by atoms with Crippen LogP contribution in [0, 0.1) is 6.92 Å². The molecule has 0 aromatic heterocycles. The summed E-state index contributed by atoms with van der Waals surface area (Å²) >= 11 is 0. The van der Waals surface area contributed by atoms with Gasteiger partial charge in [-0.2, -0.15) is 0 Å². The number of rotatable bonds is 5. The lowest BCUT2D eigenvalue weighted by atomic mass is 10.0. The Kier molecular flexibility index (Phi) is 4.17. The smallest absolute Gasteiger partial charge is 0.303 e. The summed E-state index contributed by atoms with van der Waals surface area (Å²) in [7, 11) is 3.12. The maximum Gasteiger partial charge on any atom is 0.303 e. The van der Waals surface area contributed by atoms with Crippen LogP contribution >= 0.6 is 0 Å². The molecule has 0 spiro atoms. The highest BCUT2D eigenvalue weighted by Gasteiger charge is 2.13. The molecular weight excluding hydrogens is 208 g/mol. The molecule has 0 saturated carbocycles. The van der Waals surface area contributed by atoms with Gasteiger partial charge in [0.05, 0.1) is 14.2 Å². The first-order chi connectivity index (χ1) is 7.60. The van der Waals surface area contributed by atoms with Crippen molar-refractivity contribution < 1.29 is 19.4 Å². The molecular formula is C12H16O4. The van der Waals surface area contributed by atoms with Crippen LogP contribution in [-0.4, -0.2) is 25.3 Å². The van der Waals surface area contributed by atoms with Crippen LogP contribution in [0.4, 0.5) is 0 Å². The van der Waals surface area contributed by atoms with E-state index in [2.05, 4.69) is 0 Å². The number of aliphatic carboxylic acids is 1. The van der Waals surface area contributed by atoms with E-state index in [-0.39, 0.29) is 6.42 Å². The Bertz CT molecular complexity index is 385. The zero-order chi connectivity index (χ0) is 12.1. The van der Waals surface area contributed by atoms with Gasteiger partial charge in [0.2, 0.25) is 0 Å². The average molecular weight is 224 g/mol. The Morgan fingerprint density at radius 2 is 2.00 bits per heavy atom. The van der Waals surface area contributed by atoms with E-state index in [4.69, 9.17) is 14.6 Å². The predicted molar refractivity (Wildman–Crippen MR) is 60.2 cm³/mol. The second-order valence-corrected chi connectivity index (χ2v) is 3.49. The molecule has 16 heavy (non-hydrogen) atoms. The van der Waals surface area contributed by atoms with Crippen molar-refractivity contribution in [3.05, 3.63) is 23.3 Å². The number of ether oxygens (including phenoxy) is 2. The normalized spacial score (nSPS) is 9.94. The molecule has 0 aliphatic heterocycles. The van der Waals surface area contributed by atoms with Crippen molar-refractivity contribution >= 4 is 5.97 Å². The molecule has 4 nitrogen and oxygen atoms in total. The van der Waals surface area contributed by atoms with Crippen LogP contribution in [0.5, 0.6) is 11.5 Å². The minimum Gasteiger partial charge on any atom is -0.493 e. The van der Waals surface area contributed by atoms with Gasteiger partial charge in [0.25, 0.3) is 0 Å². The number of aryl methyl sites for hydroxylation is 1. The van der Waals surface area contributed by atoms with Crippen LogP contribution in [0.2, 0.25) is 0 Å². The molecule has 88 valence electrons. The lowest BCUT2D eigenvalue weighted by molar-refractivity contribution is -0.136. The summed E-state index contributed by atoms with van der Waals surface area (Å²) in [5.74, 6) is 0.446. The lowest BCUT2D eigenvalue weighted by Gasteiger charge is -2.14. The highest BCUT2D eigenvalue weighted by molar-refractivity contribution is 5.67. The highest BCUT2D eigenvalue weighted by Crippen LogP contribution is 2.33. The van der Waals surface area contributed by atoms with Gasteiger partial charge in [0.1, 0.15) is 0 Å². The van der Waals surface area contributed by atoms with E-state index in [0.717, 1.165) is 11.1 Å². The number of hydrogen-bond donors (Lipinski definition) is 1. The summed E-state index contributed by atoms with van der Waals surface area (Å²) < 4.78 is 10.4. The summed E-state index contributed by atoms with van der Waals surface area (Å²) in [4.78, 5) is 10.6. The van der Waals surface area contributed by atoms with Gasteiger partial charge in [-0.15, -0.1) is 0 Å². The molecule has 0 saturated heterocycles. The fourth-order valence-corrected chi connectivity index (χ4v) is 1.63. The molecule has 1 N–H and O–H groups in total. The second kappa shape index (κ2) is 5.39. The number of methoxy groups -OCH3 is 2. The van der Waals surface area contributed by atoms with E-state index in [1.165, 1.54) is 0 Å². The molecule has 4 heteroatoms. The highest BCUT2D eigenvalue weighted by atomic mass is 16.5. The quantitative estimate of drug-likeness (QED) is 0.831. The van der Waals surface area contributed by atoms with Crippen LogP contribution in [0.15, 0.2) is 12.1 Å². The molecule has 0 amide bonds. The van der Waals surface area contributed by atoms with Crippen molar-refractivity contribution in [1.29, 1.82) is 0 Å². The van der Waals surface area contributed by atoms with Gasteiger partial charge < -0.3 is 14.6 Å². The Morgan fingerprint density at radius 3 is 2.50 bits per heavy atom. The summed E-state index contributed by atoms with van der Waals surface area (Å²) in [6.45, 7) is 1.93. The molecule has 0 unspecified atom stereocenters. The summed E-state index contributed by atoms with van der Waals surface area (Å²) in [6.07, 6.45) is 0.534. The summed E-state index contributed by atoms with van der Waals surface area (Å²) in [6, 6.07) is 3.72. The fraction of sp³-hybridized carbons (Fsp3) is 0.417. The zero-order valence-corrected chi connectivity index (χ0v) is 9.74. The Balaban J connectivity index is 3.07. The second-order valence-electron chi connectivity index (χ2n) is 3.49. The van der Waals surface area contributed by atoms with E-state index >= 15 is 0 Å². The lowest BCUT2D eigenvalue weighted by Crippen LogP contribution is -2.02. The Morgan fingerprint density at radius 1 is 1.31 bits per heavy atom. The van der Waals surface area contributed by atoms with Crippen LogP contribution in [-0.2, 0) is 11.2 Å². The third kappa shape index (κ3) is 2.66. The number of benzene rings is 1. The minimum atomic E-state index is -0.815. The van der Waals surface area contributed by atoms with Crippen molar-refractivity contribution in [2.75, 3.05) is 14.2 Å². The SMILES string of the molecule is COc1ccc(C)c(CCC(=O)O)c1OC. The third-order valence-electron chi connectivity index (χ3n) is 2.47. The van der Waals surface area contributed by atoms with Gasteiger partial charge in [-0.25, -0.2) is 0 Å². The van der Waals surface area contributed by atoms with Gasteiger partial charge in [-0.05, 0) is 25.0 Å². The molecule has 0 bridgehead atoms. The van der Waals surface area contributed by atoms with Crippen molar-refractivity contribution in [2.45, 2.75) is 19.8 Å². The van der Waals surface area contributed by atoms with E-state index in [1.54, 1.807) is 14.2 Å². The van der Waals surface area contributed by atoms with Crippen molar-refractivity contribution in [1.82, 2.24) is 0 Å². The molecule has 1 aromatic rings. The number of carboxylic acids is 1. The van der Waals surface area contributed by atoms with Crippen molar-refractivity contribution in [2.24, 2.45) is 0 Å². The first-order valence-electron chi connectivity index (χ1n) is 5.02. The van der Waals surface area contributed by atoms with Crippen LogP contribution < -0.4 is 9.47 Å². The molecule has 0 aliphatic carbocycles. The maximum atomic E-state index is 10.6. The molecule has 1 aromatic carbocycles. The van der Waals surface area contributed by atoms with E-state index in [1.807, 2.05) is 19.1 Å². The molecule has 0 fully saturated rings. The first kappa shape index (κ1) is 12.4. The summed E-state index contributed by atoms with van der Waals surface area (Å²) in [5, 5.41) is 8.68. The predicted octanol–water partition coefficient (Wildman–Crippen LogP) is 2.03. The third-order valence-corrected chi connectivity index (χ3v) is 2.47. The maximum absolute atomic E-state index is 10.6. The average Bonchev–Trinajstić information content (AvgIpc) is 2.26. The van der Waals surface area contributed by atoms with E-state index in [9.17, 15) is 4.79 Å². The van der Waals surface area contributed by atoms with Gasteiger partial charge in [-0.3, -0.25) is 4.79 Å². The minimum absolute atomic E-state index is 0.0877. The molecule has 0 radical (unpaired) electrons. The summed E-state index contributed by atoms with van der Waals surface area (Å²) in [5.41, 5.74) is 1.91. The topological polar surface area (TPSA) is 55.8 Å². The van der Waals surface area contributed by atoms with Crippen LogP contribution in [0.3, 0.4) is 0 Å². The van der Waals surface area contributed by atoms with Gasteiger partial charge in [0, 0.05) is 12.0 Å². The van der Waals surface area contributed by atoms with Gasteiger partial charge in [0.15, 0.2) is 11.5 Å². The van der Waals surface area contributed by atoms with E-state index < -0.39 is 5.97 Å². The van der Waals surface area contributed by atoms with E-state index in [0.29, 0.717) is 17.9 Å². The Labute approximate surface area is 94.8 Å². The largest absolute Gasteiger partial charge is 0.493 e. The molecule has 0 aliphatic rings. The number of hydrogen-bond acceptors (Lipinski definition) is 3. The molecule has 1 rings (SSSR count). The van der Waals surface area contributed by atoms with Gasteiger partial charge >= 0.3 is 5.97 Å². The Hall–Kier alpha value is -1.71. The van der Waals surface area contributed by atoms with Crippen LogP contribution in [0.25, 0.3) is 0 Å². The van der Waals surface area contributed by atoms with Crippen LogP contribution in [0.1, 0.15) is 17.5 Å². The van der Waals surface area contributed by atoms with Crippen molar-refractivity contribution in [3.63, 3.8) is 0 Å². The number of carboxylic acid groups (broad SMARTS) is 1. The number of carbonyl (C=O) groups is 1. The monoisotopic (exact) mass is 224 g/mol. The zero-order valence-electron chi connectivity index (χ0n) is 9.74. The van der Waals surface area contributed by atoms with Crippen molar-refractivity contribution in [3.8, 4) is 11.5 Å². The fourth-order valence-electron chi connectivity index (χ4n) is 1.63. The molecule has 0 atom stereocenters. The van der Waals surface area contributed by atoms with Gasteiger partial charge in [-0.1, -0.05) is 6.07 Å². The molecule has 0 heterocycles. The standard InChI is InChI=1S/C12H16O4/c1-8-4-6-10(15-2)12(16-3)9(8)5-7-11(13)14/h4,6H,5,7H2,1-3H3,(H,13,14). The first-order valence-corrected chi connectivity index (χ1v) is 5.02.